The largest absolute Gasteiger partial charge is 0.507 e. The number of piperidine rings is 1. The lowest BCUT2D eigenvalue weighted by Crippen LogP contribution is -2.37. The molecule has 1 aromatic heterocycles. The lowest BCUT2D eigenvalue weighted by atomic mass is 10.0. The van der Waals surface area contributed by atoms with Crippen LogP contribution in [0.25, 0.3) is 11.3 Å². The molecular weight excluding hydrogens is 440 g/mol. The highest BCUT2D eigenvalue weighted by Gasteiger charge is 2.28. The molecule has 2 heterocycles. The number of hydrogen-bond donors (Lipinski definition) is 3. The fraction of sp³-hybridized carbons (Fsp3) is 0.333. The normalized spacial score (nSPS) is 15.5. The van der Waals surface area contributed by atoms with E-state index in [9.17, 15) is 18.3 Å². The Balaban J connectivity index is 1.45. The SMILES string of the molecule is CCc1ccc(O)c(-c2cc(C(=O)Nc3ccc(S(=O)(=O)N4CCC(C)CC4)cc3)[nH]n2)c1. The Kier molecular flexibility index (Phi) is 6.53. The van der Waals surface area contributed by atoms with E-state index < -0.39 is 15.9 Å². The lowest BCUT2D eigenvalue weighted by molar-refractivity contribution is 0.102. The smallest absolute Gasteiger partial charge is 0.273 e. The number of rotatable bonds is 6. The summed E-state index contributed by atoms with van der Waals surface area (Å²) in [5, 5.41) is 19.8. The number of benzene rings is 2. The maximum atomic E-state index is 12.9. The number of anilines is 1. The molecule has 0 radical (unpaired) electrons. The number of carbonyl (C=O) groups is 1. The van der Waals surface area contributed by atoms with Crippen LogP contribution < -0.4 is 5.32 Å². The first-order valence-electron chi connectivity index (χ1n) is 11.1. The van der Waals surface area contributed by atoms with Crippen molar-refractivity contribution in [2.45, 2.75) is 38.0 Å². The second-order valence-electron chi connectivity index (χ2n) is 8.44. The van der Waals surface area contributed by atoms with E-state index in [1.165, 1.54) is 16.4 Å². The van der Waals surface area contributed by atoms with E-state index in [1.54, 1.807) is 24.3 Å². The van der Waals surface area contributed by atoms with Gasteiger partial charge in [-0.3, -0.25) is 9.89 Å². The molecule has 174 valence electrons. The average Bonchev–Trinajstić information content (AvgIpc) is 3.30. The quantitative estimate of drug-likeness (QED) is 0.505. The molecule has 1 aliphatic rings. The standard InChI is InChI=1S/C24H28N4O4S/c1-3-17-4-9-23(29)20(14-17)21-15-22(27-26-21)24(30)25-18-5-7-19(8-6-18)33(31,32)28-12-10-16(2)11-13-28/h4-9,14-16,29H,3,10-13H2,1-2H3,(H,25,30)(H,26,27). The van der Waals surface area contributed by atoms with Crippen LogP contribution in [0.15, 0.2) is 53.4 Å². The highest BCUT2D eigenvalue weighted by molar-refractivity contribution is 7.89. The number of nitrogens with one attached hydrogen (secondary N) is 2. The van der Waals surface area contributed by atoms with Crippen molar-refractivity contribution in [3.05, 3.63) is 59.8 Å². The number of phenolic OH excluding ortho intramolecular Hbond substituents is 1. The van der Waals surface area contributed by atoms with E-state index in [0.717, 1.165) is 24.8 Å². The molecule has 1 fully saturated rings. The van der Waals surface area contributed by atoms with E-state index in [4.69, 9.17) is 0 Å². The zero-order valence-corrected chi connectivity index (χ0v) is 19.5. The molecule has 9 heteroatoms. The van der Waals surface area contributed by atoms with Crippen molar-refractivity contribution in [1.82, 2.24) is 14.5 Å². The summed E-state index contributed by atoms with van der Waals surface area (Å²) in [5.74, 6) is 0.211. The summed E-state index contributed by atoms with van der Waals surface area (Å²) in [4.78, 5) is 12.9. The fourth-order valence-corrected chi connectivity index (χ4v) is 5.34. The molecule has 3 aromatic rings. The van der Waals surface area contributed by atoms with Crippen LogP contribution in [0.2, 0.25) is 0 Å². The second kappa shape index (κ2) is 9.36. The van der Waals surface area contributed by atoms with E-state index in [1.807, 2.05) is 19.1 Å². The topological polar surface area (TPSA) is 115 Å². The van der Waals surface area contributed by atoms with Crippen LogP contribution in [0.5, 0.6) is 5.75 Å². The Labute approximate surface area is 193 Å². The molecule has 0 unspecified atom stereocenters. The Hall–Kier alpha value is -3.17. The van der Waals surface area contributed by atoms with Gasteiger partial charge in [-0.1, -0.05) is 19.9 Å². The van der Waals surface area contributed by atoms with E-state index in [2.05, 4.69) is 22.4 Å². The molecule has 8 nitrogen and oxygen atoms in total. The molecule has 1 aliphatic heterocycles. The van der Waals surface area contributed by atoms with Gasteiger partial charge in [0.2, 0.25) is 10.0 Å². The first-order valence-corrected chi connectivity index (χ1v) is 12.5. The minimum absolute atomic E-state index is 0.0885. The van der Waals surface area contributed by atoms with Gasteiger partial charge in [0.05, 0.1) is 10.6 Å². The minimum Gasteiger partial charge on any atom is -0.507 e. The van der Waals surface area contributed by atoms with Gasteiger partial charge in [-0.2, -0.15) is 9.40 Å². The van der Waals surface area contributed by atoms with Crippen LogP contribution in [0.1, 0.15) is 42.7 Å². The molecule has 0 aliphatic carbocycles. The molecule has 1 saturated heterocycles. The van der Waals surface area contributed by atoms with Gasteiger partial charge in [-0.15, -0.1) is 0 Å². The van der Waals surface area contributed by atoms with Gasteiger partial charge in [0.25, 0.3) is 5.91 Å². The summed E-state index contributed by atoms with van der Waals surface area (Å²) in [5.41, 5.74) is 2.76. The second-order valence-corrected chi connectivity index (χ2v) is 10.4. The Bertz CT molecular complexity index is 1240. The zero-order valence-electron chi connectivity index (χ0n) is 18.7. The summed E-state index contributed by atoms with van der Waals surface area (Å²) in [7, 11) is -3.54. The molecule has 0 spiro atoms. The Morgan fingerprint density at radius 2 is 1.85 bits per heavy atom. The van der Waals surface area contributed by atoms with Crippen LogP contribution in [-0.4, -0.2) is 47.0 Å². The number of sulfonamides is 1. The summed E-state index contributed by atoms with van der Waals surface area (Å²) in [6.07, 6.45) is 2.54. The lowest BCUT2D eigenvalue weighted by Gasteiger charge is -2.29. The summed E-state index contributed by atoms with van der Waals surface area (Å²) in [6.45, 7) is 5.21. The highest BCUT2D eigenvalue weighted by atomic mass is 32.2. The van der Waals surface area contributed by atoms with Crippen LogP contribution in [0, 0.1) is 5.92 Å². The number of aromatic hydroxyl groups is 1. The number of aryl methyl sites for hydroxylation is 1. The van der Waals surface area contributed by atoms with Gasteiger partial charge in [0.1, 0.15) is 11.4 Å². The van der Waals surface area contributed by atoms with Gasteiger partial charge in [0, 0.05) is 24.3 Å². The first kappa shape index (κ1) is 23.0. The number of H-pyrrole nitrogens is 1. The van der Waals surface area contributed by atoms with Crippen LogP contribution >= 0.6 is 0 Å². The molecule has 0 atom stereocenters. The summed E-state index contributed by atoms with van der Waals surface area (Å²) < 4.78 is 27.3. The van der Waals surface area contributed by atoms with Crippen molar-refractivity contribution < 1.29 is 18.3 Å². The molecule has 3 N–H and O–H groups in total. The molecule has 2 aromatic carbocycles. The van der Waals surface area contributed by atoms with Crippen LogP contribution in [0.4, 0.5) is 5.69 Å². The number of aromatic amines is 1. The predicted octanol–water partition coefficient (Wildman–Crippen LogP) is 4.02. The maximum absolute atomic E-state index is 12.9. The number of carbonyl (C=O) groups excluding carboxylic acids is 1. The number of hydrogen-bond acceptors (Lipinski definition) is 5. The van der Waals surface area contributed by atoms with Crippen LogP contribution in [-0.2, 0) is 16.4 Å². The number of amides is 1. The third-order valence-corrected chi connectivity index (χ3v) is 7.97. The predicted molar refractivity (Wildman–Crippen MR) is 127 cm³/mol. The average molecular weight is 469 g/mol. The minimum atomic E-state index is -3.54. The Morgan fingerprint density at radius 3 is 2.52 bits per heavy atom. The molecule has 1 amide bonds. The van der Waals surface area contributed by atoms with Gasteiger partial charge < -0.3 is 10.4 Å². The molecule has 4 rings (SSSR count). The van der Waals surface area contributed by atoms with Gasteiger partial charge >= 0.3 is 0 Å². The van der Waals surface area contributed by atoms with Crippen molar-refractivity contribution in [3.63, 3.8) is 0 Å². The van der Waals surface area contributed by atoms with Crippen molar-refractivity contribution in [1.29, 1.82) is 0 Å². The van der Waals surface area contributed by atoms with E-state index in [0.29, 0.717) is 36.0 Å². The number of nitrogens with zero attached hydrogens (tertiary/aromatic N) is 2. The van der Waals surface area contributed by atoms with Crippen molar-refractivity contribution in [2.75, 3.05) is 18.4 Å². The van der Waals surface area contributed by atoms with Crippen LogP contribution in [0.3, 0.4) is 0 Å². The highest BCUT2D eigenvalue weighted by Crippen LogP contribution is 2.29. The monoisotopic (exact) mass is 468 g/mol. The molecular formula is C24H28N4O4S. The molecule has 33 heavy (non-hydrogen) atoms. The van der Waals surface area contributed by atoms with Gasteiger partial charge in [-0.25, -0.2) is 8.42 Å². The fourth-order valence-electron chi connectivity index (χ4n) is 3.87. The molecule has 0 saturated carbocycles. The van der Waals surface area contributed by atoms with Gasteiger partial charge in [-0.05, 0) is 73.2 Å². The van der Waals surface area contributed by atoms with Crippen molar-refractivity contribution >= 4 is 21.6 Å². The third-order valence-electron chi connectivity index (χ3n) is 6.06. The number of phenols is 1. The number of aromatic nitrogens is 2. The first-order chi connectivity index (χ1) is 15.8. The Morgan fingerprint density at radius 1 is 1.15 bits per heavy atom. The summed E-state index contributed by atoms with van der Waals surface area (Å²) >= 11 is 0. The van der Waals surface area contributed by atoms with Gasteiger partial charge in [0.15, 0.2) is 0 Å². The van der Waals surface area contributed by atoms with E-state index >= 15 is 0 Å². The summed E-state index contributed by atoms with van der Waals surface area (Å²) in [6, 6.07) is 13.0. The van der Waals surface area contributed by atoms with Crippen molar-refractivity contribution in [2.24, 2.45) is 5.92 Å². The van der Waals surface area contributed by atoms with Crippen molar-refractivity contribution in [3.8, 4) is 17.0 Å². The molecule has 0 bridgehead atoms. The maximum Gasteiger partial charge on any atom is 0.273 e. The zero-order chi connectivity index (χ0) is 23.6. The van der Waals surface area contributed by atoms with E-state index in [-0.39, 0.29) is 16.3 Å². The third kappa shape index (κ3) is 4.94.